The molecule has 0 aliphatic heterocycles. The molecule has 0 saturated carbocycles. The van der Waals surface area contributed by atoms with E-state index in [1.165, 1.54) is 0 Å². The Kier molecular flexibility index (Phi) is 29.5. The van der Waals surface area contributed by atoms with Gasteiger partial charge in [-0.3, -0.25) is 0 Å². The minimum absolute atomic E-state index is 0. The molecule has 0 fully saturated rings. The zero-order chi connectivity index (χ0) is 4.50. The minimum atomic E-state index is -4.64. The first kappa shape index (κ1) is 22.5. The van der Waals surface area contributed by atoms with Gasteiger partial charge in [-0.25, -0.2) is 4.57 Å². The van der Waals surface area contributed by atoms with Crippen LogP contribution in [0.3, 0.4) is 0 Å². The van der Waals surface area contributed by atoms with E-state index >= 15 is 0 Å². The molecule has 0 aromatic heterocycles. The summed E-state index contributed by atoms with van der Waals surface area (Å²) < 4.78 is 8.88. The van der Waals surface area contributed by atoms with Gasteiger partial charge in [0, 0.05) is 0 Å². The number of phosphoric acid groups is 1. The van der Waals surface area contributed by atoms with Crippen LogP contribution in [0.2, 0.25) is 0 Å². The predicted molar refractivity (Wildman–Crippen MR) is 22.2 cm³/mol. The monoisotopic (exact) mass is 260 g/mol. The number of rotatable bonds is 0. The van der Waals surface area contributed by atoms with Gasteiger partial charge in [0.25, 0.3) is 0 Å². The van der Waals surface area contributed by atoms with E-state index < -0.39 is 7.82 Å². The Balaban J connectivity index is -0.00000000800. The molecule has 0 aromatic rings. The zero-order valence-electron chi connectivity index (χ0n) is 6.28. The molecular formula is H5CaClO4PRb. The SMILES string of the molecule is O=P(O)(O)O.[Ca+2].[Cl-].[H-].[H-].[Rb+]. The van der Waals surface area contributed by atoms with Gasteiger partial charge in [-0.2, -0.15) is 0 Å². The van der Waals surface area contributed by atoms with Gasteiger partial charge >= 0.3 is 104 Å². The van der Waals surface area contributed by atoms with Crippen LogP contribution in [0.1, 0.15) is 2.85 Å². The van der Waals surface area contributed by atoms with E-state index in [2.05, 4.69) is 0 Å². The quantitative estimate of drug-likeness (QED) is 0.299. The second-order valence-corrected chi connectivity index (χ2v) is 1.54. The normalized spacial score (nSPS) is 7.38. The van der Waals surface area contributed by atoms with E-state index in [9.17, 15) is 0 Å². The average Bonchev–Trinajstić information content (AvgIpc) is 0.722. The van der Waals surface area contributed by atoms with Crippen molar-refractivity contribution in [3.8, 4) is 0 Å². The van der Waals surface area contributed by atoms with Gasteiger partial charge in [0.1, 0.15) is 0 Å². The summed E-state index contributed by atoms with van der Waals surface area (Å²) in [4.78, 5) is 21.6. The Bertz CT molecular complexity index is 69.4. The molecule has 3 N–H and O–H groups in total. The molecule has 0 radical (unpaired) electrons. The molecule has 0 aromatic carbocycles. The molecule has 0 bridgehead atoms. The molecule has 0 saturated heterocycles. The smallest absolute Gasteiger partial charge is 1.00 e. The standard InChI is InChI=1S/Ca.ClH.H3O4P.Rb.2H/c;;1-5(2,3)4;;;/h;1H;(H3,1,2,3,4);;;/q+2;;;+1;2*-1/p-1. The Morgan fingerprint density at radius 1 is 1.25 bits per heavy atom. The summed E-state index contributed by atoms with van der Waals surface area (Å²) in [5.41, 5.74) is 0. The number of halogens is 1. The first-order chi connectivity index (χ1) is 2.00. The summed E-state index contributed by atoms with van der Waals surface area (Å²) >= 11 is 0. The summed E-state index contributed by atoms with van der Waals surface area (Å²) in [7, 11) is -4.64. The summed E-state index contributed by atoms with van der Waals surface area (Å²) in [5.74, 6) is 0. The van der Waals surface area contributed by atoms with Gasteiger partial charge in [0.2, 0.25) is 0 Å². The molecule has 0 atom stereocenters. The topological polar surface area (TPSA) is 77.8 Å². The molecule has 0 unspecified atom stereocenters. The van der Waals surface area contributed by atoms with Gasteiger partial charge in [-0.15, -0.1) is 0 Å². The molecule has 0 spiro atoms. The fourth-order valence-electron chi connectivity index (χ4n) is 0. The van der Waals surface area contributed by atoms with Crippen molar-refractivity contribution in [3.63, 3.8) is 0 Å². The molecule has 8 heavy (non-hydrogen) atoms. The van der Waals surface area contributed by atoms with Crippen LogP contribution in [-0.2, 0) is 4.57 Å². The largest absolute Gasteiger partial charge is 2.00 e. The van der Waals surface area contributed by atoms with Crippen LogP contribution in [0.4, 0.5) is 0 Å². The molecule has 4 nitrogen and oxygen atoms in total. The van der Waals surface area contributed by atoms with Gasteiger partial charge in [0.15, 0.2) is 0 Å². The van der Waals surface area contributed by atoms with E-state index in [-0.39, 0.29) is 111 Å². The molecule has 0 amide bonds. The van der Waals surface area contributed by atoms with Gasteiger partial charge in [0.05, 0.1) is 0 Å². The predicted octanol–water partition coefficient (Wildman–Crippen LogP) is -7.08. The van der Waals surface area contributed by atoms with E-state index in [1.54, 1.807) is 0 Å². The third-order valence-electron chi connectivity index (χ3n) is 0. The summed E-state index contributed by atoms with van der Waals surface area (Å²) in [5, 5.41) is 0. The Hall–Kier alpha value is 3.46. The Labute approximate surface area is 135 Å². The maximum Gasteiger partial charge on any atom is 2.00 e. The second-order valence-electron chi connectivity index (χ2n) is 0.513. The van der Waals surface area contributed by atoms with Crippen LogP contribution < -0.4 is 70.6 Å². The van der Waals surface area contributed by atoms with Gasteiger partial charge in [-0.1, -0.05) is 0 Å². The van der Waals surface area contributed by atoms with Crippen molar-refractivity contribution in [3.05, 3.63) is 0 Å². The third-order valence-corrected chi connectivity index (χ3v) is 0. The van der Waals surface area contributed by atoms with Crippen molar-refractivity contribution in [1.29, 1.82) is 0 Å². The second kappa shape index (κ2) is 10.5. The Morgan fingerprint density at radius 3 is 1.25 bits per heavy atom. The molecule has 44 valence electrons. The third kappa shape index (κ3) is 56.5. The van der Waals surface area contributed by atoms with Crippen LogP contribution in [0.5, 0.6) is 0 Å². The fourth-order valence-corrected chi connectivity index (χ4v) is 0. The number of hydrogen-bond donors (Lipinski definition) is 3. The van der Waals surface area contributed by atoms with E-state index in [1.807, 2.05) is 0 Å². The minimum Gasteiger partial charge on any atom is -1.00 e. The van der Waals surface area contributed by atoms with Crippen LogP contribution in [0.25, 0.3) is 0 Å². The molecule has 0 heterocycles. The van der Waals surface area contributed by atoms with Crippen molar-refractivity contribution in [2.45, 2.75) is 0 Å². The van der Waals surface area contributed by atoms with Crippen molar-refractivity contribution >= 4 is 45.6 Å². The van der Waals surface area contributed by atoms with E-state index in [0.29, 0.717) is 0 Å². The van der Waals surface area contributed by atoms with Gasteiger partial charge in [-0.05, 0) is 0 Å². The van der Waals surface area contributed by atoms with E-state index in [4.69, 9.17) is 19.2 Å². The molecule has 0 aliphatic carbocycles. The average molecular weight is 261 g/mol. The summed E-state index contributed by atoms with van der Waals surface area (Å²) in [6.45, 7) is 0. The van der Waals surface area contributed by atoms with Crippen LogP contribution in [0, 0.1) is 0 Å². The molecular weight excluding hydrogens is 256 g/mol. The van der Waals surface area contributed by atoms with Crippen LogP contribution in [0.15, 0.2) is 0 Å². The maximum atomic E-state index is 8.88. The molecule has 8 heteroatoms. The van der Waals surface area contributed by atoms with Crippen molar-refractivity contribution in [1.82, 2.24) is 0 Å². The first-order valence-electron chi connectivity index (χ1n) is 0.783. The van der Waals surface area contributed by atoms with Gasteiger partial charge < -0.3 is 29.9 Å². The van der Waals surface area contributed by atoms with Crippen molar-refractivity contribution < 1.29 is 92.7 Å². The maximum absolute atomic E-state index is 8.88. The molecule has 0 aliphatic rings. The number of hydrogen-bond acceptors (Lipinski definition) is 1. The Morgan fingerprint density at radius 2 is 1.25 bits per heavy atom. The van der Waals surface area contributed by atoms with Crippen LogP contribution >= 0.6 is 7.82 Å². The zero-order valence-corrected chi connectivity index (χ0v) is 13.1. The summed E-state index contributed by atoms with van der Waals surface area (Å²) in [6, 6.07) is 0. The van der Waals surface area contributed by atoms with E-state index in [0.717, 1.165) is 0 Å². The molecule has 0 rings (SSSR count). The fraction of sp³-hybridized carbons (Fsp3) is 0. The summed E-state index contributed by atoms with van der Waals surface area (Å²) in [6.07, 6.45) is 0. The first-order valence-corrected chi connectivity index (χ1v) is 2.35. The van der Waals surface area contributed by atoms with Crippen molar-refractivity contribution in [2.75, 3.05) is 0 Å². The van der Waals surface area contributed by atoms with Crippen molar-refractivity contribution in [2.24, 2.45) is 0 Å². The van der Waals surface area contributed by atoms with Crippen LogP contribution in [-0.4, -0.2) is 52.4 Å².